The summed E-state index contributed by atoms with van der Waals surface area (Å²) in [6.45, 7) is 4.75. The largest absolute Gasteiger partial charge is 0.449 e. The number of carbonyl (C=O) groups excluding carboxylic acids is 2. The van der Waals surface area contributed by atoms with Gasteiger partial charge in [0.25, 0.3) is 0 Å². The van der Waals surface area contributed by atoms with Crippen LogP contribution >= 0.6 is 11.6 Å². The van der Waals surface area contributed by atoms with Crippen molar-refractivity contribution in [2.24, 2.45) is 5.92 Å². The van der Waals surface area contributed by atoms with Gasteiger partial charge in [-0.05, 0) is 49.3 Å². The lowest BCUT2D eigenvalue weighted by Crippen LogP contribution is -2.43. The van der Waals surface area contributed by atoms with Gasteiger partial charge in [-0.1, -0.05) is 23.7 Å². The molecule has 28 heavy (non-hydrogen) atoms. The monoisotopic (exact) mass is 410 g/mol. The van der Waals surface area contributed by atoms with E-state index < -0.39 is 6.09 Å². The molecule has 7 nitrogen and oxygen atoms in total. The van der Waals surface area contributed by atoms with E-state index in [2.05, 4.69) is 5.32 Å². The number of carbonyl (C=O) groups is 2. The molecular formula is C20H27ClN2O5. The second-order valence-electron chi connectivity index (χ2n) is 7.35. The predicted octanol–water partition coefficient (Wildman–Crippen LogP) is 3.51. The highest BCUT2D eigenvalue weighted by molar-refractivity contribution is 6.31. The molecule has 154 valence electrons. The van der Waals surface area contributed by atoms with Gasteiger partial charge in [0.1, 0.15) is 6.10 Å². The van der Waals surface area contributed by atoms with Gasteiger partial charge in [-0.2, -0.15) is 0 Å². The quantitative estimate of drug-likeness (QED) is 0.803. The van der Waals surface area contributed by atoms with Crippen molar-refractivity contribution in [3.63, 3.8) is 0 Å². The van der Waals surface area contributed by atoms with Crippen LogP contribution in [0.1, 0.15) is 30.4 Å². The first-order valence-electron chi connectivity index (χ1n) is 9.70. The molecule has 0 radical (unpaired) electrons. The highest BCUT2D eigenvalue weighted by Crippen LogP contribution is 2.31. The van der Waals surface area contributed by atoms with E-state index in [4.69, 9.17) is 25.8 Å². The second-order valence-corrected chi connectivity index (χ2v) is 7.75. The van der Waals surface area contributed by atoms with E-state index in [1.165, 1.54) is 0 Å². The Kier molecular flexibility index (Phi) is 7.39. The third-order valence-electron chi connectivity index (χ3n) is 5.03. The fraction of sp³-hybridized carbons (Fsp3) is 0.600. The molecule has 0 spiro atoms. The third-order valence-corrected chi connectivity index (χ3v) is 5.44. The van der Waals surface area contributed by atoms with Gasteiger partial charge >= 0.3 is 12.2 Å². The van der Waals surface area contributed by atoms with Gasteiger partial charge in [0.05, 0.1) is 19.8 Å². The average Bonchev–Trinajstić information content (AvgIpc) is 2.74. The van der Waals surface area contributed by atoms with Crippen molar-refractivity contribution < 1.29 is 23.8 Å². The van der Waals surface area contributed by atoms with E-state index in [1.807, 2.05) is 25.1 Å². The lowest BCUT2D eigenvalue weighted by Gasteiger charge is -2.35. The van der Waals surface area contributed by atoms with Crippen molar-refractivity contribution in [2.45, 2.75) is 38.9 Å². The first kappa shape index (κ1) is 20.7. The molecule has 3 rings (SSSR count). The van der Waals surface area contributed by atoms with Crippen molar-refractivity contribution in [1.29, 1.82) is 0 Å². The number of aryl methyl sites for hydroxylation is 1. The Bertz CT molecular complexity index is 693. The molecule has 1 saturated carbocycles. The first-order chi connectivity index (χ1) is 13.5. The fourth-order valence-corrected chi connectivity index (χ4v) is 3.46. The average molecular weight is 411 g/mol. The van der Waals surface area contributed by atoms with Gasteiger partial charge in [-0.25, -0.2) is 9.59 Å². The van der Waals surface area contributed by atoms with Crippen LogP contribution in [0.15, 0.2) is 18.2 Å². The molecule has 1 aliphatic heterocycles. The van der Waals surface area contributed by atoms with Crippen LogP contribution in [0.5, 0.6) is 0 Å². The summed E-state index contributed by atoms with van der Waals surface area (Å²) in [6, 6.07) is 5.94. The standard InChI is InChI=1S/C20H27ClN2O5/c1-14-3-4-15(11-18(14)21)12-26-13-16-9-17(10-16)28-20(25)23-6-2-8-27-19(24)22-5-7-23/h3-4,11,16-17H,2,5-10,12-13H2,1H3,(H,22,24)/t16-,17+. The van der Waals surface area contributed by atoms with Gasteiger partial charge < -0.3 is 24.4 Å². The van der Waals surface area contributed by atoms with E-state index in [9.17, 15) is 9.59 Å². The molecule has 1 aliphatic carbocycles. The van der Waals surface area contributed by atoms with Crippen LogP contribution < -0.4 is 5.32 Å². The second kappa shape index (κ2) is 9.98. The number of ether oxygens (including phenoxy) is 3. The van der Waals surface area contributed by atoms with Crippen LogP contribution in [0.25, 0.3) is 0 Å². The molecule has 2 aliphatic rings. The molecule has 0 bridgehead atoms. The highest BCUT2D eigenvalue weighted by atomic mass is 35.5. The molecule has 0 unspecified atom stereocenters. The Morgan fingerprint density at radius 3 is 2.96 bits per heavy atom. The van der Waals surface area contributed by atoms with Crippen molar-refractivity contribution in [3.05, 3.63) is 34.3 Å². The number of nitrogens with zero attached hydrogens (tertiary/aromatic N) is 1. The molecule has 1 N–H and O–H groups in total. The summed E-state index contributed by atoms with van der Waals surface area (Å²) in [5, 5.41) is 3.36. The number of nitrogens with one attached hydrogen (secondary N) is 1. The van der Waals surface area contributed by atoms with Crippen molar-refractivity contribution in [3.8, 4) is 0 Å². The molecule has 8 heteroatoms. The number of amides is 2. The zero-order valence-electron chi connectivity index (χ0n) is 16.1. The molecule has 0 aromatic heterocycles. The molecule has 2 amide bonds. The summed E-state index contributed by atoms with van der Waals surface area (Å²) >= 11 is 6.13. The summed E-state index contributed by atoms with van der Waals surface area (Å²) in [4.78, 5) is 25.2. The zero-order chi connectivity index (χ0) is 19.9. The highest BCUT2D eigenvalue weighted by Gasteiger charge is 2.33. The molecule has 1 aromatic rings. The lowest BCUT2D eigenvalue weighted by atomic mass is 9.83. The Hall–Kier alpha value is -1.99. The normalized spacial score (nSPS) is 22.8. The number of rotatable bonds is 5. The van der Waals surface area contributed by atoms with Crippen LogP contribution in [0, 0.1) is 12.8 Å². The molecule has 1 saturated heterocycles. The van der Waals surface area contributed by atoms with Gasteiger partial charge in [0.15, 0.2) is 0 Å². The third kappa shape index (κ3) is 6.01. The summed E-state index contributed by atoms with van der Waals surface area (Å²) in [6.07, 6.45) is 1.41. The Labute approximate surface area is 170 Å². The van der Waals surface area contributed by atoms with E-state index >= 15 is 0 Å². The number of cyclic esters (lactones) is 1. The van der Waals surface area contributed by atoms with Gasteiger partial charge in [-0.3, -0.25) is 0 Å². The minimum atomic E-state index is -0.440. The number of alkyl carbamates (subject to hydrolysis) is 1. The number of hydrogen-bond donors (Lipinski definition) is 1. The van der Waals surface area contributed by atoms with E-state index in [0.29, 0.717) is 51.8 Å². The Morgan fingerprint density at radius 2 is 2.18 bits per heavy atom. The molecule has 0 atom stereocenters. The first-order valence-corrected chi connectivity index (χ1v) is 10.1. The lowest BCUT2D eigenvalue weighted by molar-refractivity contribution is -0.0344. The zero-order valence-corrected chi connectivity index (χ0v) is 16.9. The van der Waals surface area contributed by atoms with E-state index in [1.54, 1.807) is 4.90 Å². The van der Waals surface area contributed by atoms with Gasteiger partial charge in [0.2, 0.25) is 0 Å². The molecule has 2 fully saturated rings. The summed E-state index contributed by atoms with van der Waals surface area (Å²) in [5.74, 6) is 0.405. The SMILES string of the molecule is Cc1ccc(COC[C@H]2C[C@@H](OC(=O)N3CCCOC(=O)NCC3)C2)cc1Cl. The maximum Gasteiger partial charge on any atom is 0.410 e. The van der Waals surface area contributed by atoms with Crippen LogP contribution in [0.3, 0.4) is 0 Å². The van der Waals surface area contributed by atoms with E-state index in [-0.39, 0.29) is 12.2 Å². The topological polar surface area (TPSA) is 77.1 Å². The van der Waals surface area contributed by atoms with Gasteiger partial charge in [0, 0.05) is 24.7 Å². The predicted molar refractivity (Wildman–Crippen MR) is 104 cm³/mol. The van der Waals surface area contributed by atoms with Crippen molar-refractivity contribution in [1.82, 2.24) is 10.2 Å². The number of benzene rings is 1. The summed E-state index contributed by atoms with van der Waals surface area (Å²) in [7, 11) is 0. The van der Waals surface area contributed by atoms with Crippen molar-refractivity contribution >= 4 is 23.8 Å². The summed E-state index contributed by atoms with van der Waals surface area (Å²) < 4.78 is 16.3. The fourth-order valence-electron chi connectivity index (χ4n) is 3.25. The van der Waals surface area contributed by atoms with Crippen LogP contribution in [-0.4, -0.2) is 56.0 Å². The Morgan fingerprint density at radius 1 is 1.36 bits per heavy atom. The van der Waals surface area contributed by atoms with Crippen molar-refractivity contribution in [2.75, 3.05) is 32.8 Å². The van der Waals surface area contributed by atoms with Crippen LogP contribution in [0.4, 0.5) is 9.59 Å². The van der Waals surface area contributed by atoms with E-state index in [0.717, 1.165) is 29.0 Å². The summed E-state index contributed by atoms with van der Waals surface area (Å²) in [5.41, 5.74) is 2.11. The maximum atomic E-state index is 12.3. The molecule has 1 aromatic carbocycles. The molecular weight excluding hydrogens is 384 g/mol. The van der Waals surface area contributed by atoms with Crippen LogP contribution in [0.2, 0.25) is 5.02 Å². The smallest absolute Gasteiger partial charge is 0.410 e. The maximum absolute atomic E-state index is 12.3. The number of hydrogen-bond acceptors (Lipinski definition) is 5. The minimum absolute atomic E-state index is 0.0617. The van der Waals surface area contributed by atoms with Gasteiger partial charge in [-0.15, -0.1) is 0 Å². The number of halogens is 1. The minimum Gasteiger partial charge on any atom is -0.449 e. The Balaban J connectivity index is 1.32. The van der Waals surface area contributed by atoms with Crippen LogP contribution in [-0.2, 0) is 20.8 Å². The molecule has 1 heterocycles.